The molecule has 1 aromatic heterocycles. The highest BCUT2D eigenvalue weighted by atomic mass is 32.2. The van der Waals surface area contributed by atoms with E-state index in [0.29, 0.717) is 17.1 Å². The van der Waals surface area contributed by atoms with Gasteiger partial charge >= 0.3 is 0 Å². The third-order valence-corrected chi connectivity index (χ3v) is 3.66. The van der Waals surface area contributed by atoms with Crippen LogP contribution in [0.1, 0.15) is 55.4 Å². The highest BCUT2D eigenvalue weighted by Crippen LogP contribution is 2.20. The minimum absolute atomic E-state index is 0.00964. The molecule has 0 saturated carbocycles. The molecule has 0 fully saturated rings. The summed E-state index contributed by atoms with van der Waals surface area (Å²) in [5.74, 6) is 1.33. The molecule has 0 amide bonds. The SMILES string of the molecule is CCN(CC)c1nc(NC(C)(C)C)nc(SNC(C)(C)C)n1. The average molecular weight is 327 g/mol. The summed E-state index contributed by atoms with van der Waals surface area (Å²) in [5.41, 5.74) is -0.106. The van der Waals surface area contributed by atoms with Crippen molar-refractivity contribution in [2.24, 2.45) is 0 Å². The van der Waals surface area contributed by atoms with Gasteiger partial charge in [0.15, 0.2) is 0 Å². The first kappa shape index (κ1) is 19.0. The molecule has 1 rings (SSSR count). The number of nitrogens with one attached hydrogen (secondary N) is 2. The molecule has 0 spiro atoms. The second kappa shape index (κ2) is 7.46. The molecule has 1 heterocycles. The third-order valence-electron chi connectivity index (χ3n) is 2.58. The van der Waals surface area contributed by atoms with Gasteiger partial charge in [-0.05, 0) is 67.3 Å². The number of hydrogen-bond donors (Lipinski definition) is 2. The number of aromatic nitrogens is 3. The van der Waals surface area contributed by atoms with Gasteiger partial charge in [-0.1, -0.05) is 0 Å². The summed E-state index contributed by atoms with van der Waals surface area (Å²) >= 11 is 1.44. The summed E-state index contributed by atoms with van der Waals surface area (Å²) < 4.78 is 3.35. The molecule has 0 radical (unpaired) electrons. The maximum atomic E-state index is 4.57. The lowest BCUT2D eigenvalue weighted by Gasteiger charge is -2.24. The van der Waals surface area contributed by atoms with Crippen LogP contribution < -0.4 is 14.9 Å². The van der Waals surface area contributed by atoms with Crippen molar-refractivity contribution in [3.05, 3.63) is 0 Å². The smallest absolute Gasteiger partial charge is 0.231 e. The Morgan fingerprint density at radius 1 is 0.909 bits per heavy atom. The summed E-state index contributed by atoms with van der Waals surface area (Å²) in [4.78, 5) is 15.8. The van der Waals surface area contributed by atoms with Crippen molar-refractivity contribution in [1.29, 1.82) is 0 Å². The van der Waals surface area contributed by atoms with Gasteiger partial charge in [0.05, 0.1) is 0 Å². The van der Waals surface area contributed by atoms with E-state index >= 15 is 0 Å². The predicted molar refractivity (Wildman–Crippen MR) is 95.5 cm³/mol. The Labute approximate surface area is 139 Å². The van der Waals surface area contributed by atoms with Crippen molar-refractivity contribution in [2.45, 2.75) is 71.6 Å². The lowest BCUT2D eigenvalue weighted by molar-refractivity contribution is 0.534. The van der Waals surface area contributed by atoms with Gasteiger partial charge < -0.3 is 10.2 Å². The van der Waals surface area contributed by atoms with Gasteiger partial charge in [-0.25, -0.2) is 0 Å². The van der Waals surface area contributed by atoms with E-state index in [1.165, 1.54) is 11.9 Å². The lowest BCUT2D eigenvalue weighted by Crippen LogP contribution is -2.31. The number of rotatable bonds is 6. The van der Waals surface area contributed by atoms with E-state index in [1.807, 2.05) is 0 Å². The first-order chi connectivity index (χ1) is 10.0. The number of nitrogens with zero attached hydrogens (tertiary/aromatic N) is 4. The van der Waals surface area contributed by atoms with E-state index in [1.54, 1.807) is 0 Å². The van der Waals surface area contributed by atoms with Gasteiger partial charge in [-0.2, -0.15) is 15.0 Å². The fourth-order valence-corrected chi connectivity index (χ4v) is 2.29. The Morgan fingerprint density at radius 3 is 1.95 bits per heavy atom. The minimum atomic E-state index is -0.0960. The molecule has 22 heavy (non-hydrogen) atoms. The van der Waals surface area contributed by atoms with Crippen LogP contribution in [0.2, 0.25) is 0 Å². The van der Waals surface area contributed by atoms with Gasteiger partial charge in [0.1, 0.15) is 0 Å². The molecule has 0 bridgehead atoms. The van der Waals surface area contributed by atoms with E-state index in [9.17, 15) is 0 Å². The van der Waals surface area contributed by atoms with Crippen molar-refractivity contribution in [2.75, 3.05) is 23.3 Å². The molecular formula is C15H30N6S. The standard InChI is InChI=1S/C15H30N6S/c1-9-21(10-2)12-16-11(19-14(3,4)5)17-13(18-12)22-20-15(6,7)8/h20H,9-10H2,1-8H3,(H,16,17,18,19). The van der Waals surface area contributed by atoms with E-state index in [4.69, 9.17) is 0 Å². The van der Waals surface area contributed by atoms with E-state index in [-0.39, 0.29) is 11.1 Å². The Balaban J connectivity index is 3.08. The summed E-state index contributed by atoms with van der Waals surface area (Å²) in [6, 6.07) is 0. The van der Waals surface area contributed by atoms with Crippen molar-refractivity contribution in [3.8, 4) is 0 Å². The first-order valence-electron chi connectivity index (χ1n) is 7.77. The summed E-state index contributed by atoms with van der Waals surface area (Å²) in [7, 11) is 0. The van der Waals surface area contributed by atoms with Crippen LogP contribution in [0.25, 0.3) is 0 Å². The molecule has 0 aliphatic rings. The molecule has 0 aliphatic carbocycles. The normalized spacial score (nSPS) is 12.4. The largest absolute Gasteiger partial charge is 0.349 e. The average Bonchev–Trinajstić information content (AvgIpc) is 2.35. The van der Waals surface area contributed by atoms with Crippen LogP contribution >= 0.6 is 11.9 Å². The first-order valence-corrected chi connectivity index (χ1v) is 8.59. The highest BCUT2D eigenvalue weighted by Gasteiger charge is 2.17. The minimum Gasteiger partial charge on any atom is -0.349 e. The Bertz CT molecular complexity index is 474. The fraction of sp³-hybridized carbons (Fsp3) is 0.800. The summed E-state index contributed by atoms with van der Waals surface area (Å²) in [6.07, 6.45) is 0. The molecule has 0 aliphatic heterocycles. The second-order valence-corrected chi connectivity index (χ2v) is 8.02. The van der Waals surface area contributed by atoms with Crippen molar-refractivity contribution >= 4 is 23.8 Å². The van der Waals surface area contributed by atoms with Crippen LogP contribution in [0.5, 0.6) is 0 Å². The predicted octanol–water partition coefficient (Wildman–Crippen LogP) is 3.32. The highest BCUT2D eigenvalue weighted by molar-refractivity contribution is 7.97. The Hall–Kier alpha value is -1.08. The van der Waals surface area contributed by atoms with E-state index in [2.05, 4.69) is 85.3 Å². The van der Waals surface area contributed by atoms with Crippen LogP contribution in [0.15, 0.2) is 5.16 Å². The molecule has 2 N–H and O–H groups in total. The number of anilines is 2. The molecule has 7 heteroatoms. The zero-order chi connectivity index (χ0) is 17.0. The van der Waals surface area contributed by atoms with Crippen LogP contribution in [0.3, 0.4) is 0 Å². The fourth-order valence-electron chi connectivity index (χ4n) is 1.63. The van der Waals surface area contributed by atoms with Crippen molar-refractivity contribution in [1.82, 2.24) is 19.7 Å². The molecule has 126 valence electrons. The molecule has 1 aromatic rings. The lowest BCUT2D eigenvalue weighted by atomic mass is 10.1. The van der Waals surface area contributed by atoms with Gasteiger partial charge in [0.2, 0.25) is 17.1 Å². The zero-order valence-electron chi connectivity index (χ0n) is 15.1. The van der Waals surface area contributed by atoms with Crippen LogP contribution in [0.4, 0.5) is 11.9 Å². The Kier molecular flexibility index (Phi) is 6.43. The van der Waals surface area contributed by atoms with Gasteiger partial charge in [0.25, 0.3) is 0 Å². The maximum Gasteiger partial charge on any atom is 0.231 e. The molecule has 0 saturated heterocycles. The van der Waals surface area contributed by atoms with Crippen molar-refractivity contribution < 1.29 is 0 Å². The maximum absolute atomic E-state index is 4.57. The van der Waals surface area contributed by atoms with Crippen LogP contribution in [0, 0.1) is 0 Å². The molecule has 0 unspecified atom stereocenters. The summed E-state index contributed by atoms with van der Waals surface area (Å²) in [5, 5.41) is 4.01. The van der Waals surface area contributed by atoms with Crippen LogP contribution in [-0.2, 0) is 0 Å². The summed E-state index contributed by atoms with van der Waals surface area (Å²) in [6.45, 7) is 18.5. The zero-order valence-corrected chi connectivity index (χ0v) is 15.9. The molecule has 0 aromatic carbocycles. The van der Waals surface area contributed by atoms with E-state index < -0.39 is 0 Å². The van der Waals surface area contributed by atoms with Gasteiger partial charge in [0, 0.05) is 24.2 Å². The number of hydrogen-bond acceptors (Lipinski definition) is 7. The van der Waals surface area contributed by atoms with Gasteiger partial charge in [-0.15, -0.1) is 0 Å². The molecule has 0 atom stereocenters. The second-order valence-electron chi connectivity index (χ2n) is 7.24. The monoisotopic (exact) mass is 326 g/mol. The molecular weight excluding hydrogens is 296 g/mol. The van der Waals surface area contributed by atoms with Crippen molar-refractivity contribution in [3.63, 3.8) is 0 Å². The van der Waals surface area contributed by atoms with E-state index in [0.717, 1.165) is 13.1 Å². The topological polar surface area (TPSA) is 66.0 Å². The third kappa shape index (κ3) is 6.79. The molecule has 6 nitrogen and oxygen atoms in total. The van der Waals surface area contributed by atoms with Gasteiger partial charge in [-0.3, -0.25) is 4.72 Å². The quantitative estimate of drug-likeness (QED) is 0.777. The van der Waals surface area contributed by atoms with Crippen LogP contribution in [-0.4, -0.2) is 39.1 Å². The Morgan fingerprint density at radius 2 is 1.50 bits per heavy atom.